The van der Waals surface area contributed by atoms with Gasteiger partial charge in [-0.1, -0.05) is 13.0 Å². The van der Waals surface area contributed by atoms with E-state index in [2.05, 4.69) is 26.6 Å². The molecule has 1 heterocycles. The first-order valence-electron chi connectivity index (χ1n) is 13.7. The fourth-order valence-corrected chi connectivity index (χ4v) is 4.88. The van der Waals surface area contributed by atoms with Crippen molar-refractivity contribution >= 4 is 57.1 Å². The number of hydrogen-bond acceptors (Lipinski definition) is 8. The van der Waals surface area contributed by atoms with Gasteiger partial charge in [0, 0.05) is 11.8 Å². The third kappa shape index (κ3) is 7.20. The molecule has 0 aliphatic carbocycles. The van der Waals surface area contributed by atoms with Gasteiger partial charge in [-0.05, 0) is 95.4 Å². The molecule has 0 aromatic heterocycles. The number of imide groups is 2. The number of anilines is 2. The maximum Gasteiger partial charge on any atom is 0.335 e. The molecule has 11 nitrogen and oxygen atoms in total. The standard InChI is InChI=1S/C32H32BrN3O8/c1-6-11-43-25-10-9-22(16-26(25)41-4)36-31(39)23(30(38)35-32(36)40)13-20-14-24(33)29(27(15-20)42-5)44-17-28(37)34-21-8-7-18(2)19(3)12-21/h7-10,12-16H,6,11,17H2,1-5H3,(H,34,37)(H,35,38,40)/b23-13-. The number of urea groups is 1. The molecule has 44 heavy (non-hydrogen) atoms. The second kappa shape index (κ2) is 14.1. The Balaban J connectivity index is 1.56. The Morgan fingerprint density at radius 1 is 0.932 bits per heavy atom. The van der Waals surface area contributed by atoms with Crippen LogP contribution in [0, 0.1) is 13.8 Å². The van der Waals surface area contributed by atoms with Crippen LogP contribution in [0.5, 0.6) is 23.0 Å². The van der Waals surface area contributed by atoms with Gasteiger partial charge in [0.1, 0.15) is 5.57 Å². The molecule has 1 saturated heterocycles. The van der Waals surface area contributed by atoms with Crippen molar-refractivity contribution in [1.29, 1.82) is 0 Å². The zero-order valence-corrected chi connectivity index (χ0v) is 26.5. The number of carbonyl (C=O) groups excluding carboxylic acids is 4. The number of ether oxygens (including phenoxy) is 4. The third-order valence-corrected chi connectivity index (χ3v) is 7.26. The highest BCUT2D eigenvalue weighted by molar-refractivity contribution is 9.10. The number of rotatable bonds is 11. The Hall–Kier alpha value is -4.84. The highest BCUT2D eigenvalue weighted by Gasteiger charge is 2.37. The van der Waals surface area contributed by atoms with Crippen molar-refractivity contribution in [2.45, 2.75) is 27.2 Å². The SMILES string of the molecule is CCCOc1ccc(N2C(=O)NC(=O)/C(=C/c3cc(Br)c(OCC(=O)Nc4ccc(C)c(C)c4)c(OC)c3)C2=O)cc1OC. The van der Waals surface area contributed by atoms with Crippen LogP contribution in [0.2, 0.25) is 0 Å². The second-order valence-corrected chi connectivity index (χ2v) is 10.7. The minimum Gasteiger partial charge on any atom is -0.493 e. The van der Waals surface area contributed by atoms with Crippen LogP contribution in [0.4, 0.5) is 16.2 Å². The number of barbiturate groups is 1. The molecule has 0 atom stereocenters. The van der Waals surface area contributed by atoms with Crippen LogP contribution >= 0.6 is 15.9 Å². The Kier molecular flexibility index (Phi) is 10.3. The molecule has 12 heteroatoms. The van der Waals surface area contributed by atoms with E-state index < -0.39 is 17.8 Å². The molecule has 3 aromatic carbocycles. The zero-order chi connectivity index (χ0) is 32.0. The van der Waals surface area contributed by atoms with Crippen LogP contribution < -0.4 is 34.5 Å². The smallest absolute Gasteiger partial charge is 0.335 e. The number of hydrogen-bond donors (Lipinski definition) is 2. The molecule has 1 aliphatic heterocycles. The lowest BCUT2D eigenvalue weighted by atomic mass is 10.1. The first-order valence-corrected chi connectivity index (χ1v) is 14.4. The van der Waals surface area contributed by atoms with Crippen molar-refractivity contribution in [3.63, 3.8) is 0 Å². The van der Waals surface area contributed by atoms with Crippen molar-refractivity contribution in [2.24, 2.45) is 0 Å². The van der Waals surface area contributed by atoms with Crippen molar-refractivity contribution in [3.8, 4) is 23.0 Å². The maximum atomic E-state index is 13.5. The summed E-state index contributed by atoms with van der Waals surface area (Å²) in [6.07, 6.45) is 2.11. The quantitative estimate of drug-likeness (QED) is 0.201. The van der Waals surface area contributed by atoms with E-state index in [1.807, 2.05) is 39.0 Å². The van der Waals surface area contributed by atoms with Crippen LogP contribution in [-0.4, -0.2) is 51.2 Å². The third-order valence-electron chi connectivity index (χ3n) is 6.67. The van der Waals surface area contributed by atoms with Crippen LogP contribution in [0.15, 0.2) is 58.6 Å². The van der Waals surface area contributed by atoms with Crippen molar-refractivity contribution in [3.05, 3.63) is 75.3 Å². The van der Waals surface area contributed by atoms with Gasteiger partial charge >= 0.3 is 6.03 Å². The molecular weight excluding hydrogens is 634 g/mol. The van der Waals surface area contributed by atoms with Gasteiger partial charge in [-0.25, -0.2) is 9.69 Å². The minimum absolute atomic E-state index is 0.188. The second-order valence-electron chi connectivity index (χ2n) is 9.81. The van der Waals surface area contributed by atoms with Gasteiger partial charge in [-0.2, -0.15) is 0 Å². The van der Waals surface area contributed by atoms with Crippen LogP contribution in [0.3, 0.4) is 0 Å². The molecule has 1 fully saturated rings. The average molecular weight is 667 g/mol. The monoisotopic (exact) mass is 665 g/mol. The lowest BCUT2D eigenvalue weighted by Crippen LogP contribution is -2.54. The summed E-state index contributed by atoms with van der Waals surface area (Å²) in [6.45, 7) is 6.07. The lowest BCUT2D eigenvalue weighted by molar-refractivity contribution is -0.122. The predicted molar refractivity (Wildman–Crippen MR) is 169 cm³/mol. The summed E-state index contributed by atoms with van der Waals surface area (Å²) in [4.78, 5) is 52.4. The number of halogens is 1. The molecule has 4 rings (SSSR count). The van der Waals surface area contributed by atoms with Gasteiger partial charge < -0.3 is 24.3 Å². The summed E-state index contributed by atoms with van der Waals surface area (Å²) in [5.74, 6) is -0.786. The van der Waals surface area contributed by atoms with E-state index in [0.717, 1.165) is 22.4 Å². The van der Waals surface area contributed by atoms with Gasteiger partial charge in [0.2, 0.25) is 0 Å². The highest BCUT2D eigenvalue weighted by atomic mass is 79.9. The topological polar surface area (TPSA) is 132 Å². The fraction of sp³-hybridized carbons (Fsp3) is 0.250. The minimum atomic E-state index is -0.900. The number of nitrogens with zero attached hydrogens (tertiary/aromatic N) is 1. The van der Waals surface area contributed by atoms with E-state index >= 15 is 0 Å². The molecule has 0 unspecified atom stereocenters. The average Bonchev–Trinajstić information content (AvgIpc) is 2.99. The normalized spacial score (nSPS) is 13.9. The van der Waals surface area contributed by atoms with Gasteiger partial charge in [-0.15, -0.1) is 0 Å². The van der Waals surface area contributed by atoms with Crippen LogP contribution in [0.1, 0.15) is 30.0 Å². The van der Waals surface area contributed by atoms with Crippen molar-refractivity contribution in [1.82, 2.24) is 5.32 Å². The van der Waals surface area contributed by atoms with E-state index in [-0.39, 0.29) is 35.3 Å². The van der Waals surface area contributed by atoms with Gasteiger partial charge in [0.15, 0.2) is 29.6 Å². The summed E-state index contributed by atoms with van der Waals surface area (Å²) in [7, 11) is 2.86. The maximum absolute atomic E-state index is 13.5. The molecule has 5 amide bonds. The predicted octanol–water partition coefficient (Wildman–Crippen LogP) is 5.56. The zero-order valence-electron chi connectivity index (χ0n) is 24.9. The number of carbonyl (C=O) groups is 4. The Morgan fingerprint density at radius 2 is 1.68 bits per heavy atom. The van der Waals surface area contributed by atoms with Crippen molar-refractivity contribution in [2.75, 3.05) is 37.7 Å². The largest absolute Gasteiger partial charge is 0.493 e. The van der Waals surface area contributed by atoms with Crippen LogP contribution in [0.25, 0.3) is 6.08 Å². The molecular formula is C32H32BrN3O8. The van der Waals surface area contributed by atoms with Gasteiger partial charge in [0.05, 0.1) is 31.0 Å². The molecule has 3 aromatic rings. The molecule has 230 valence electrons. The van der Waals surface area contributed by atoms with E-state index in [9.17, 15) is 19.2 Å². The molecule has 0 bridgehead atoms. The van der Waals surface area contributed by atoms with Gasteiger partial charge in [0.25, 0.3) is 17.7 Å². The summed E-state index contributed by atoms with van der Waals surface area (Å²) < 4.78 is 22.7. The van der Waals surface area contributed by atoms with E-state index in [0.29, 0.717) is 33.8 Å². The molecule has 0 radical (unpaired) electrons. The first kappa shape index (κ1) is 32.1. The summed E-state index contributed by atoms with van der Waals surface area (Å²) in [5, 5.41) is 5.00. The lowest BCUT2D eigenvalue weighted by Gasteiger charge is -2.27. The summed E-state index contributed by atoms with van der Waals surface area (Å²) in [5.41, 5.74) is 3.11. The van der Waals surface area contributed by atoms with Crippen molar-refractivity contribution < 1.29 is 38.1 Å². The number of methoxy groups -OCH3 is 2. The first-order chi connectivity index (χ1) is 21.1. The van der Waals surface area contributed by atoms with Gasteiger partial charge in [-0.3, -0.25) is 19.7 Å². The van der Waals surface area contributed by atoms with Crippen LogP contribution in [-0.2, 0) is 14.4 Å². The summed E-state index contributed by atoms with van der Waals surface area (Å²) >= 11 is 3.43. The molecule has 0 saturated carbocycles. The molecule has 1 aliphatic rings. The Bertz CT molecular complexity index is 1650. The Morgan fingerprint density at radius 3 is 2.36 bits per heavy atom. The molecule has 2 N–H and O–H groups in total. The number of aryl methyl sites for hydroxylation is 2. The summed E-state index contributed by atoms with van der Waals surface area (Å²) in [6, 6.07) is 12.4. The number of amides is 5. The highest BCUT2D eigenvalue weighted by Crippen LogP contribution is 2.38. The van der Waals surface area contributed by atoms with E-state index in [1.54, 1.807) is 18.2 Å². The number of nitrogens with one attached hydrogen (secondary N) is 2. The molecule has 0 spiro atoms. The van der Waals surface area contributed by atoms with E-state index in [1.165, 1.54) is 32.4 Å². The fourth-order valence-electron chi connectivity index (χ4n) is 4.30. The van der Waals surface area contributed by atoms with E-state index in [4.69, 9.17) is 18.9 Å². The number of benzene rings is 3. The Labute approximate surface area is 263 Å².